The number of aliphatic imine (C=N–C) groups is 1. The Hall–Kier alpha value is -0.226. The molecule has 0 bridgehead atoms. The highest BCUT2D eigenvalue weighted by Crippen LogP contribution is 2.12. The third-order valence-corrected chi connectivity index (χ3v) is 5.20. The fraction of sp³-hybridized carbons (Fsp3) is 0.909. The number of unbranched alkanes of at least 4 members (excludes halogenated alkanes) is 2. The van der Waals surface area contributed by atoms with Crippen molar-refractivity contribution >= 4 is 23.9 Å². The second-order valence-electron chi connectivity index (χ2n) is 5.08. The molecule has 1 atom stereocenters. The molecule has 0 rings (SSSR count). The van der Waals surface area contributed by atoms with Gasteiger partial charge in [-0.3, -0.25) is 0 Å². The third-order valence-electron chi connectivity index (χ3n) is 2.34. The molecule has 0 spiro atoms. The van der Waals surface area contributed by atoms with Gasteiger partial charge in [-0.05, 0) is 32.5 Å². The fourth-order valence-electron chi connectivity index (χ4n) is 1.63. The standard InChI is InChI=1S/C11H25NO2Si2/c1-15-11(14-16(2,3)4)8-6-5-7-9-12-10-13/h11H,5-9,15H2,1-4H3. The number of rotatable bonds is 9. The van der Waals surface area contributed by atoms with Crippen LogP contribution in [0.5, 0.6) is 0 Å². The van der Waals surface area contributed by atoms with Gasteiger partial charge in [-0.1, -0.05) is 19.4 Å². The van der Waals surface area contributed by atoms with E-state index in [2.05, 4.69) is 31.2 Å². The molecule has 0 N–H and O–H groups in total. The summed E-state index contributed by atoms with van der Waals surface area (Å²) in [5.74, 6) is 0. The van der Waals surface area contributed by atoms with Gasteiger partial charge in [0, 0.05) is 5.73 Å². The van der Waals surface area contributed by atoms with Gasteiger partial charge in [0.2, 0.25) is 6.08 Å². The maximum Gasteiger partial charge on any atom is 0.234 e. The van der Waals surface area contributed by atoms with E-state index in [0.717, 1.165) is 12.8 Å². The predicted octanol–water partition coefficient (Wildman–Crippen LogP) is 2.28. The zero-order valence-electron chi connectivity index (χ0n) is 11.1. The third kappa shape index (κ3) is 10.3. The number of hydrogen-bond donors (Lipinski definition) is 0. The number of nitrogens with zero attached hydrogens (tertiary/aromatic N) is 1. The predicted molar refractivity (Wildman–Crippen MR) is 74.1 cm³/mol. The lowest BCUT2D eigenvalue weighted by Crippen LogP contribution is -2.34. The Balaban J connectivity index is 3.59. The van der Waals surface area contributed by atoms with E-state index in [1.165, 1.54) is 12.8 Å². The first-order valence-corrected chi connectivity index (χ1v) is 11.8. The molecule has 0 aromatic rings. The first-order valence-electron chi connectivity index (χ1n) is 6.21. The molecule has 0 fully saturated rings. The van der Waals surface area contributed by atoms with E-state index in [9.17, 15) is 4.79 Å². The molecule has 0 aliphatic heterocycles. The van der Waals surface area contributed by atoms with Crippen molar-refractivity contribution in [2.24, 2.45) is 4.99 Å². The molecular weight excluding hydrogens is 234 g/mol. The average molecular weight is 259 g/mol. The van der Waals surface area contributed by atoms with Crippen molar-refractivity contribution in [1.82, 2.24) is 0 Å². The highest BCUT2D eigenvalue weighted by molar-refractivity contribution is 6.70. The monoisotopic (exact) mass is 259 g/mol. The molecule has 3 nitrogen and oxygen atoms in total. The van der Waals surface area contributed by atoms with Crippen LogP contribution in [0.4, 0.5) is 0 Å². The van der Waals surface area contributed by atoms with Crippen molar-refractivity contribution in [3.63, 3.8) is 0 Å². The van der Waals surface area contributed by atoms with Gasteiger partial charge in [-0.2, -0.15) is 0 Å². The van der Waals surface area contributed by atoms with Gasteiger partial charge in [0.05, 0.1) is 16.1 Å². The van der Waals surface area contributed by atoms with Crippen LogP contribution in [-0.2, 0) is 9.22 Å². The summed E-state index contributed by atoms with van der Waals surface area (Å²) < 4.78 is 6.13. The lowest BCUT2D eigenvalue weighted by molar-refractivity contribution is 0.254. The molecule has 5 heteroatoms. The van der Waals surface area contributed by atoms with Crippen LogP contribution in [0, 0.1) is 0 Å². The first-order chi connectivity index (χ1) is 7.49. The van der Waals surface area contributed by atoms with Crippen LogP contribution in [-0.4, -0.2) is 36.2 Å². The Morgan fingerprint density at radius 2 is 2.00 bits per heavy atom. The second-order valence-corrected chi connectivity index (χ2v) is 11.3. The Bertz CT molecular complexity index is 223. The molecule has 0 heterocycles. The van der Waals surface area contributed by atoms with Crippen molar-refractivity contribution in [2.75, 3.05) is 6.54 Å². The van der Waals surface area contributed by atoms with Gasteiger partial charge < -0.3 is 4.43 Å². The van der Waals surface area contributed by atoms with Gasteiger partial charge >= 0.3 is 0 Å². The molecule has 0 aliphatic rings. The molecule has 0 aromatic heterocycles. The molecule has 16 heavy (non-hydrogen) atoms. The van der Waals surface area contributed by atoms with Crippen LogP contribution in [0.1, 0.15) is 25.7 Å². The summed E-state index contributed by atoms with van der Waals surface area (Å²) in [6.45, 7) is 9.71. The molecule has 0 saturated heterocycles. The van der Waals surface area contributed by atoms with E-state index in [4.69, 9.17) is 4.43 Å². The lowest BCUT2D eigenvalue weighted by Gasteiger charge is -2.25. The minimum absolute atomic E-state index is 0.0690. The summed E-state index contributed by atoms with van der Waals surface area (Å²) in [5, 5.41) is 0. The maximum atomic E-state index is 9.85. The maximum absolute atomic E-state index is 9.85. The van der Waals surface area contributed by atoms with Crippen molar-refractivity contribution in [2.45, 2.75) is 57.6 Å². The summed E-state index contributed by atoms with van der Waals surface area (Å²) in [6.07, 6.45) is 6.11. The number of isocyanates is 1. The molecule has 0 saturated carbocycles. The van der Waals surface area contributed by atoms with Gasteiger partial charge in [0.1, 0.15) is 0 Å². The van der Waals surface area contributed by atoms with Crippen LogP contribution < -0.4 is 0 Å². The van der Waals surface area contributed by atoms with E-state index in [1.54, 1.807) is 6.08 Å². The van der Waals surface area contributed by atoms with E-state index >= 15 is 0 Å². The minimum atomic E-state index is -1.36. The average Bonchev–Trinajstić information content (AvgIpc) is 2.19. The van der Waals surface area contributed by atoms with Gasteiger partial charge in [0.25, 0.3) is 0 Å². The largest absolute Gasteiger partial charge is 0.418 e. The summed E-state index contributed by atoms with van der Waals surface area (Å²) in [6, 6.07) is 0. The molecule has 94 valence electrons. The van der Waals surface area contributed by atoms with E-state index in [0.29, 0.717) is 12.3 Å². The Labute approximate surface area is 103 Å². The van der Waals surface area contributed by atoms with E-state index in [-0.39, 0.29) is 9.52 Å². The Kier molecular flexibility index (Phi) is 8.75. The zero-order valence-corrected chi connectivity index (χ0v) is 13.5. The topological polar surface area (TPSA) is 38.7 Å². The quantitative estimate of drug-likeness (QED) is 0.276. The Morgan fingerprint density at radius 3 is 2.50 bits per heavy atom. The number of carbonyl (C=O) groups excluding carboxylic acids is 1. The van der Waals surface area contributed by atoms with Crippen molar-refractivity contribution < 1.29 is 9.22 Å². The van der Waals surface area contributed by atoms with Crippen LogP contribution >= 0.6 is 0 Å². The zero-order chi connectivity index (χ0) is 12.4. The summed E-state index contributed by atoms with van der Waals surface area (Å²) >= 11 is 0. The minimum Gasteiger partial charge on any atom is -0.418 e. The molecule has 0 aromatic carbocycles. The van der Waals surface area contributed by atoms with Gasteiger partial charge in [-0.25, -0.2) is 9.79 Å². The van der Waals surface area contributed by atoms with Crippen molar-refractivity contribution in [1.29, 1.82) is 0 Å². The summed E-state index contributed by atoms with van der Waals surface area (Å²) in [7, 11) is -1.43. The van der Waals surface area contributed by atoms with Crippen LogP contribution in [0.3, 0.4) is 0 Å². The van der Waals surface area contributed by atoms with Gasteiger partial charge in [-0.15, -0.1) is 0 Å². The van der Waals surface area contributed by atoms with Crippen LogP contribution in [0.25, 0.3) is 0 Å². The van der Waals surface area contributed by atoms with Crippen LogP contribution in [0.15, 0.2) is 4.99 Å². The Morgan fingerprint density at radius 1 is 1.31 bits per heavy atom. The fourth-order valence-corrected chi connectivity index (χ4v) is 5.61. The SMILES string of the molecule is C[SiH2]C(CCCCCN=C=O)O[Si](C)(C)C. The van der Waals surface area contributed by atoms with E-state index in [1.807, 2.05) is 0 Å². The number of hydrogen-bond acceptors (Lipinski definition) is 3. The van der Waals surface area contributed by atoms with Crippen molar-refractivity contribution in [3.8, 4) is 0 Å². The molecule has 0 aliphatic carbocycles. The van der Waals surface area contributed by atoms with Gasteiger partial charge in [0.15, 0.2) is 8.32 Å². The second kappa shape index (κ2) is 8.87. The highest BCUT2D eigenvalue weighted by Gasteiger charge is 2.19. The summed E-state index contributed by atoms with van der Waals surface area (Å²) in [5.41, 5.74) is 0.557. The van der Waals surface area contributed by atoms with Crippen molar-refractivity contribution in [3.05, 3.63) is 0 Å². The molecular formula is C11H25NO2Si2. The molecule has 0 radical (unpaired) electrons. The van der Waals surface area contributed by atoms with Crippen LogP contribution in [0.2, 0.25) is 26.2 Å². The lowest BCUT2D eigenvalue weighted by atomic mass is 10.2. The highest BCUT2D eigenvalue weighted by atomic mass is 28.4. The smallest absolute Gasteiger partial charge is 0.234 e. The molecule has 1 unspecified atom stereocenters. The first kappa shape index (κ1) is 15.8. The summed E-state index contributed by atoms with van der Waals surface area (Å²) in [4.78, 5) is 13.4. The normalized spacial score (nSPS) is 14.0. The molecule has 0 amide bonds. The van der Waals surface area contributed by atoms with E-state index < -0.39 is 8.32 Å².